The van der Waals surface area contributed by atoms with E-state index in [2.05, 4.69) is 31.4 Å². The summed E-state index contributed by atoms with van der Waals surface area (Å²) in [6, 6.07) is 4.30. The lowest BCUT2D eigenvalue weighted by atomic mass is 9.64. The van der Waals surface area contributed by atoms with Gasteiger partial charge in [-0.2, -0.15) is 0 Å². The molecule has 152 valence electrons. The van der Waals surface area contributed by atoms with Crippen molar-refractivity contribution < 1.29 is 19.1 Å². The molecule has 4 amide bonds. The zero-order valence-electron chi connectivity index (χ0n) is 16.6. The molecule has 2 aliphatic rings. The van der Waals surface area contributed by atoms with E-state index in [1.807, 2.05) is 0 Å². The van der Waals surface area contributed by atoms with E-state index < -0.39 is 17.5 Å². The molecule has 2 N–H and O–H groups in total. The first-order chi connectivity index (χ1) is 13.0. The van der Waals surface area contributed by atoms with Gasteiger partial charge < -0.3 is 15.4 Å². The molecule has 1 aliphatic heterocycles. The molecular formula is C20H26ClN3O4. The van der Waals surface area contributed by atoms with Gasteiger partial charge in [-0.15, -0.1) is 0 Å². The molecule has 1 heterocycles. The fourth-order valence-corrected chi connectivity index (χ4v) is 4.93. The van der Waals surface area contributed by atoms with Gasteiger partial charge in [0.15, 0.2) is 0 Å². The Labute approximate surface area is 169 Å². The highest BCUT2D eigenvalue weighted by molar-refractivity contribution is 6.31. The van der Waals surface area contributed by atoms with E-state index in [0.29, 0.717) is 35.2 Å². The summed E-state index contributed by atoms with van der Waals surface area (Å²) in [4.78, 5) is 39.1. The van der Waals surface area contributed by atoms with E-state index in [1.165, 1.54) is 7.11 Å². The van der Waals surface area contributed by atoms with Crippen molar-refractivity contribution >= 4 is 35.1 Å². The lowest BCUT2D eigenvalue weighted by molar-refractivity contribution is -0.136. The average molecular weight is 408 g/mol. The van der Waals surface area contributed by atoms with E-state index in [-0.39, 0.29) is 17.9 Å². The minimum Gasteiger partial charge on any atom is -0.495 e. The molecule has 1 spiro atoms. The average Bonchev–Trinajstić information content (AvgIpc) is 2.76. The molecule has 0 radical (unpaired) electrons. The third kappa shape index (κ3) is 3.94. The summed E-state index contributed by atoms with van der Waals surface area (Å²) in [7, 11) is 1.48. The minimum atomic E-state index is -0.924. The Balaban J connectivity index is 1.74. The van der Waals surface area contributed by atoms with Gasteiger partial charge in [0.25, 0.3) is 5.91 Å². The van der Waals surface area contributed by atoms with Gasteiger partial charge in [0.1, 0.15) is 17.8 Å². The number of carbonyl (C=O) groups excluding carboxylic acids is 3. The van der Waals surface area contributed by atoms with Gasteiger partial charge >= 0.3 is 6.03 Å². The van der Waals surface area contributed by atoms with Crippen LogP contribution in [0.3, 0.4) is 0 Å². The highest BCUT2D eigenvalue weighted by Gasteiger charge is 2.56. The molecule has 0 bridgehead atoms. The van der Waals surface area contributed by atoms with Gasteiger partial charge in [0.05, 0.1) is 12.8 Å². The third-order valence-corrected chi connectivity index (χ3v) is 5.60. The molecule has 2 unspecified atom stereocenters. The molecule has 7 nitrogen and oxygen atoms in total. The Hall–Kier alpha value is -2.28. The number of carbonyl (C=O) groups is 3. The van der Waals surface area contributed by atoms with Crippen LogP contribution in [0.5, 0.6) is 5.75 Å². The number of halogens is 1. The number of hydrogen-bond donors (Lipinski definition) is 2. The van der Waals surface area contributed by atoms with E-state index in [1.54, 1.807) is 18.2 Å². The zero-order chi connectivity index (χ0) is 20.7. The number of rotatable bonds is 4. The van der Waals surface area contributed by atoms with Gasteiger partial charge in [-0.3, -0.25) is 14.5 Å². The van der Waals surface area contributed by atoms with Crippen LogP contribution in [0.25, 0.3) is 0 Å². The van der Waals surface area contributed by atoms with Crippen LogP contribution in [0.15, 0.2) is 18.2 Å². The number of methoxy groups -OCH3 is 1. The highest BCUT2D eigenvalue weighted by atomic mass is 35.5. The quantitative estimate of drug-likeness (QED) is 0.748. The van der Waals surface area contributed by atoms with E-state index in [4.69, 9.17) is 16.3 Å². The smallest absolute Gasteiger partial charge is 0.325 e. The maximum absolute atomic E-state index is 13.1. The molecule has 2 fully saturated rings. The topological polar surface area (TPSA) is 87.7 Å². The highest BCUT2D eigenvalue weighted by Crippen LogP contribution is 2.46. The fourth-order valence-electron chi connectivity index (χ4n) is 4.76. The Bertz CT molecular complexity index is 826. The monoisotopic (exact) mass is 407 g/mol. The van der Waals surface area contributed by atoms with Crippen LogP contribution in [0, 0.1) is 11.3 Å². The summed E-state index contributed by atoms with van der Waals surface area (Å²) in [6.07, 6.45) is 2.14. The van der Waals surface area contributed by atoms with Gasteiger partial charge in [0, 0.05) is 5.02 Å². The van der Waals surface area contributed by atoms with Crippen molar-refractivity contribution in [2.45, 2.75) is 45.6 Å². The van der Waals surface area contributed by atoms with Crippen LogP contribution >= 0.6 is 11.6 Å². The second-order valence-corrected chi connectivity index (χ2v) is 9.09. The number of urea groups is 1. The number of imide groups is 1. The molecule has 28 heavy (non-hydrogen) atoms. The summed E-state index contributed by atoms with van der Waals surface area (Å²) >= 11 is 5.98. The first-order valence-corrected chi connectivity index (χ1v) is 9.70. The lowest BCUT2D eigenvalue weighted by Crippen LogP contribution is -2.54. The Kier molecular flexibility index (Phi) is 5.32. The Morgan fingerprint density at radius 2 is 2.07 bits per heavy atom. The molecule has 8 heteroatoms. The largest absolute Gasteiger partial charge is 0.495 e. The molecule has 0 aromatic heterocycles. The van der Waals surface area contributed by atoms with Crippen LogP contribution < -0.4 is 15.4 Å². The number of anilines is 1. The van der Waals surface area contributed by atoms with Crippen molar-refractivity contribution in [2.24, 2.45) is 11.3 Å². The summed E-state index contributed by atoms with van der Waals surface area (Å²) in [5.74, 6) is -0.0821. The summed E-state index contributed by atoms with van der Waals surface area (Å²) in [6.45, 7) is 5.93. The predicted octanol–water partition coefficient (Wildman–Crippen LogP) is 3.42. The summed E-state index contributed by atoms with van der Waals surface area (Å²) in [5, 5.41) is 5.97. The normalized spacial score (nSPS) is 26.3. The van der Waals surface area contributed by atoms with Gasteiger partial charge in [-0.1, -0.05) is 32.4 Å². The molecular weight excluding hydrogens is 382 g/mol. The molecule has 1 aromatic rings. The first-order valence-electron chi connectivity index (χ1n) is 9.33. The van der Waals surface area contributed by atoms with Gasteiger partial charge in [0.2, 0.25) is 5.91 Å². The van der Waals surface area contributed by atoms with Crippen LogP contribution in [0.4, 0.5) is 10.5 Å². The van der Waals surface area contributed by atoms with Crippen molar-refractivity contribution in [3.8, 4) is 5.75 Å². The lowest BCUT2D eigenvalue weighted by Gasteiger charge is -2.43. The first kappa shape index (κ1) is 20.5. The molecule has 1 aromatic carbocycles. The predicted molar refractivity (Wildman–Crippen MR) is 106 cm³/mol. The molecule has 2 atom stereocenters. The van der Waals surface area contributed by atoms with Crippen LogP contribution in [0.1, 0.15) is 40.0 Å². The standard InChI is InChI=1S/C20H26ClN3O4/c1-12-8-19(2,3)11-20(9-12)17(26)24(18(27)23-20)10-16(25)22-14-7-13(21)5-6-15(14)28-4/h5-7,12H,8-11H2,1-4H3,(H,22,25)(H,23,27). The third-order valence-electron chi connectivity index (χ3n) is 5.36. The van der Waals surface area contributed by atoms with E-state index in [9.17, 15) is 14.4 Å². The Morgan fingerprint density at radius 1 is 1.36 bits per heavy atom. The second kappa shape index (κ2) is 7.28. The van der Waals surface area contributed by atoms with Crippen molar-refractivity contribution in [1.29, 1.82) is 0 Å². The fraction of sp³-hybridized carbons (Fsp3) is 0.550. The summed E-state index contributed by atoms with van der Waals surface area (Å²) < 4.78 is 5.20. The van der Waals surface area contributed by atoms with Gasteiger partial charge in [-0.25, -0.2) is 4.79 Å². The van der Waals surface area contributed by atoms with Crippen molar-refractivity contribution in [3.05, 3.63) is 23.2 Å². The van der Waals surface area contributed by atoms with Crippen LogP contribution in [-0.2, 0) is 9.59 Å². The molecule has 3 rings (SSSR count). The maximum atomic E-state index is 13.1. The van der Waals surface area contributed by atoms with Crippen LogP contribution in [-0.4, -0.2) is 41.9 Å². The number of ether oxygens (including phenoxy) is 1. The van der Waals surface area contributed by atoms with Gasteiger partial charge in [-0.05, 0) is 48.8 Å². The maximum Gasteiger partial charge on any atom is 0.325 e. The number of nitrogens with one attached hydrogen (secondary N) is 2. The summed E-state index contributed by atoms with van der Waals surface area (Å²) in [5.41, 5.74) is -0.603. The number of hydrogen-bond acceptors (Lipinski definition) is 4. The SMILES string of the molecule is COc1ccc(Cl)cc1NC(=O)CN1C(=O)NC2(CC(C)CC(C)(C)C2)C1=O. The van der Waals surface area contributed by atoms with Crippen LogP contribution in [0.2, 0.25) is 5.02 Å². The Morgan fingerprint density at radius 3 is 2.71 bits per heavy atom. The van der Waals surface area contributed by atoms with E-state index in [0.717, 1.165) is 11.3 Å². The van der Waals surface area contributed by atoms with Crippen molar-refractivity contribution in [3.63, 3.8) is 0 Å². The zero-order valence-corrected chi connectivity index (χ0v) is 17.4. The second-order valence-electron chi connectivity index (χ2n) is 8.65. The number of amides is 4. The van der Waals surface area contributed by atoms with Crippen molar-refractivity contribution in [2.75, 3.05) is 19.0 Å². The van der Waals surface area contributed by atoms with Crippen molar-refractivity contribution in [1.82, 2.24) is 10.2 Å². The minimum absolute atomic E-state index is 0.0625. The number of benzene rings is 1. The van der Waals surface area contributed by atoms with E-state index >= 15 is 0 Å². The molecule has 1 saturated carbocycles. The number of nitrogens with zero attached hydrogens (tertiary/aromatic N) is 1. The molecule has 1 saturated heterocycles. The molecule has 1 aliphatic carbocycles.